The Bertz CT molecular complexity index is 359. The van der Waals surface area contributed by atoms with E-state index in [-0.39, 0.29) is 5.41 Å². The van der Waals surface area contributed by atoms with Crippen molar-refractivity contribution in [3.63, 3.8) is 0 Å². The molecule has 1 aromatic heterocycles. The zero-order chi connectivity index (χ0) is 10.2. The van der Waals surface area contributed by atoms with Crippen LogP contribution in [0.4, 0.5) is 0 Å². The van der Waals surface area contributed by atoms with E-state index < -0.39 is 0 Å². The fourth-order valence-electron chi connectivity index (χ4n) is 1.39. The van der Waals surface area contributed by atoms with Gasteiger partial charge in [-0.15, -0.1) is 0 Å². The van der Waals surface area contributed by atoms with Gasteiger partial charge >= 0.3 is 0 Å². The van der Waals surface area contributed by atoms with Crippen LogP contribution in [-0.2, 0) is 0 Å². The molecule has 1 heterocycles. The first-order chi connectivity index (χ1) is 6.62. The molecule has 2 rings (SSSR count). The number of rotatable bonds is 1. The van der Waals surface area contributed by atoms with Crippen LogP contribution in [0, 0.1) is 11.3 Å². The van der Waals surface area contributed by atoms with Crippen molar-refractivity contribution in [1.82, 2.24) is 8.75 Å². The Kier molecular flexibility index (Phi) is 2.27. The minimum absolute atomic E-state index is 0.125. The highest BCUT2D eigenvalue weighted by Crippen LogP contribution is 2.34. The molecule has 0 fully saturated rings. The monoisotopic (exact) mass is 206 g/mol. The van der Waals surface area contributed by atoms with E-state index in [4.69, 9.17) is 0 Å². The van der Waals surface area contributed by atoms with Crippen molar-refractivity contribution in [2.24, 2.45) is 11.3 Å². The van der Waals surface area contributed by atoms with Crippen molar-refractivity contribution in [3.05, 3.63) is 23.5 Å². The van der Waals surface area contributed by atoms with E-state index in [1.165, 1.54) is 11.7 Å². The summed E-state index contributed by atoms with van der Waals surface area (Å²) in [4.78, 5) is 0. The molecule has 0 atom stereocenters. The predicted octanol–water partition coefficient (Wildman–Crippen LogP) is 3.24. The van der Waals surface area contributed by atoms with Gasteiger partial charge in [0.05, 0.1) is 11.7 Å². The predicted molar refractivity (Wildman–Crippen MR) is 60.9 cm³/mol. The van der Waals surface area contributed by atoms with E-state index >= 15 is 0 Å². The number of aromatic nitrogens is 2. The first-order valence-electron chi connectivity index (χ1n) is 4.83. The van der Waals surface area contributed by atoms with Crippen molar-refractivity contribution in [2.45, 2.75) is 20.8 Å². The van der Waals surface area contributed by atoms with Crippen LogP contribution in [0.2, 0.25) is 0 Å². The summed E-state index contributed by atoms with van der Waals surface area (Å²) in [5.41, 5.74) is 2.12. The van der Waals surface area contributed by atoms with Gasteiger partial charge < -0.3 is 0 Å². The van der Waals surface area contributed by atoms with Crippen molar-refractivity contribution in [3.8, 4) is 0 Å². The molecular formula is C11H14N2S. The second-order valence-corrected chi connectivity index (χ2v) is 4.75. The number of nitrogens with zero attached hydrogens (tertiary/aromatic N) is 2. The molecule has 74 valence electrons. The molecule has 0 aliphatic heterocycles. The smallest absolute Gasteiger partial charge is 0.104 e. The molecule has 0 saturated carbocycles. The normalized spacial score (nSPS) is 18.3. The fourth-order valence-corrected chi connectivity index (χ4v) is 1.92. The second kappa shape index (κ2) is 3.31. The third-order valence-electron chi connectivity index (χ3n) is 2.99. The quantitative estimate of drug-likeness (QED) is 0.705. The lowest BCUT2D eigenvalue weighted by atomic mass is 9.79. The summed E-state index contributed by atoms with van der Waals surface area (Å²) in [7, 11) is 0. The molecule has 1 aromatic rings. The number of fused-ring (bicyclic) bond motifs is 1. The molecule has 0 bridgehead atoms. The Morgan fingerprint density at radius 1 is 1.14 bits per heavy atom. The summed E-state index contributed by atoms with van der Waals surface area (Å²) in [6.45, 7) is 6.70. The van der Waals surface area contributed by atoms with E-state index in [1.54, 1.807) is 0 Å². The van der Waals surface area contributed by atoms with E-state index in [2.05, 4.69) is 53.8 Å². The van der Waals surface area contributed by atoms with Gasteiger partial charge in [0.15, 0.2) is 0 Å². The first kappa shape index (κ1) is 9.59. The van der Waals surface area contributed by atoms with E-state index in [0.29, 0.717) is 5.92 Å². The van der Waals surface area contributed by atoms with E-state index in [0.717, 1.165) is 11.4 Å². The van der Waals surface area contributed by atoms with Crippen LogP contribution in [0.15, 0.2) is 12.2 Å². The number of allylic oxidation sites excluding steroid dienone is 2. The Morgan fingerprint density at radius 2 is 1.64 bits per heavy atom. The highest BCUT2D eigenvalue weighted by atomic mass is 32.1. The van der Waals surface area contributed by atoms with Gasteiger partial charge in [0, 0.05) is 5.41 Å². The Hall–Kier alpha value is -0.960. The Balaban J connectivity index is 2.42. The van der Waals surface area contributed by atoms with Crippen molar-refractivity contribution >= 4 is 23.9 Å². The van der Waals surface area contributed by atoms with Crippen LogP contribution in [0.3, 0.4) is 0 Å². The summed E-state index contributed by atoms with van der Waals surface area (Å²) in [6.07, 6.45) is 8.61. The largest absolute Gasteiger partial charge is 0.173 e. The molecule has 0 amide bonds. The fraction of sp³-hybridized carbons (Fsp3) is 0.455. The van der Waals surface area contributed by atoms with Crippen molar-refractivity contribution in [1.29, 1.82) is 0 Å². The van der Waals surface area contributed by atoms with Gasteiger partial charge in [-0.3, -0.25) is 0 Å². The molecule has 0 aromatic carbocycles. The van der Waals surface area contributed by atoms with Gasteiger partial charge in [-0.25, -0.2) is 0 Å². The lowest BCUT2D eigenvalue weighted by Gasteiger charge is -2.25. The molecule has 14 heavy (non-hydrogen) atoms. The van der Waals surface area contributed by atoms with Gasteiger partial charge in [-0.2, -0.15) is 8.75 Å². The van der Waals surface area contributed by atoms with Crippen LogP contribution in [0.5, 0.6) is 0 Å². The SMILES string of the molecule is CC(C)C1(C)C=Cc2nsnc2C=C1. The van der Waals surface area contributed by atoms with Crippen LogP contribution in [0.1, 0.15) is 32.2 Å². The first-order valence-corrected chi connectivity index (χ1v) is 5.56. The molecule has 0 radical (unpaired) electrons. The third-order valence-corrected chi connectivity index (χ3v) is 3.54. The third kappa shape index (κ3) is 1.52. The van der Waals surface area contributed by atoms with Gasteiger partial charge in [0.2, 0.25) is 0 Å². The summed E-state index contributed by atoms with van der Waals surface area (Å²) >= 11 is 1.27. The van der Waals surface area contributed by atoms with Crippen LogP contribution in [-0.4, -0.2) is 8.75 Å². The highest BCUT2D eigenvalue weighted by molar-refractivity contribution is 6.99. The van der Waals surface area contributed by atoms with Gasteiger partial charge in [-0.1, -0.05) is 32.9 Å². The maximum atomic E-state index is 4.23. The molecule has 1 aliphatic carbocycles. The average Bonchev–Trinajstić information content (AvgIpc) is 2.53. The molecule has 3 heteroatoms. The minimum Gasteiger partial charge on any atom is -0.173 e. The van der Waals surface area contributed by atoms with E-state index in [1.807, 2.05) is 0 Å². The molecular weight excluding hydrogens is 192 g/mol. The summed E-state index contributed by atoms with van der Waals surface area (Å²) in [5, 5.41) is 0. The lowest BCUT2D eigenvalue weighted by molar-refractivity contribution is 0.387. The minimum atomic E-state index is 0.125. The molecule has 0 unspecified atom stereocenters. The zero-order valence-corrected chi connectivity index (χ0v) is 9.51. The standard InChI is InChI=1S/C11H14N2S/c1-8(2)11(3)6-4-9-10(5-7-11)13-14-12-9/h4-8H,1-3H3. The summed E-state index contributed by atoms with van der Waals surface area (Å²) < 4.78 is 8.47. The van der Waals surface area contributed by atoms with Crippen molar-refractivity contribution < 1.29 is 0 Å². The molecule has 0 spiro atoms. The second-order valence-electron chi connectivity index (χ2n) is 4.22. The number of hydrogen-bond donors (Lipinski definition) is 0. The van der Waals surface area contributed by atoms with Crippen LogP contribution < -0.4 is 0 Å². The maximum Gasteiger partial charge on any atom is 0.104 e. The van der Waals surface area contributed by atoms with Gasteiger partial charge in [0.25, 0.3) is 0 Å². The highest BCUT2D eigenvalue weighted by Gasteiger charge is 2.24. The Labute approximate surface area is 88.7 Å². The van der Waals surface area contributed by atoms with Crippen LogP contribution in [0.25, 0.3) is 12.2 Å². The average molecular weight is 206 g/mol. The summed E-state index contributed by atoms with van der Waals surface area (Å²) in [6, 6.07) is 0. The van der Waals surface area contributed by atoms with Gasteiger partial charge in [-0.05, 0) is 18.1 Å². The van der Waals surface area contributed by atoms with E-state index in [9.17, 15) is 0 Å². The van der Waals surface area contributed by atoms with Gasteiger partial charge in [0.1, 0.15) is 11.4 Å². The Morgan fingerprint density at radius 3 is 2.07 bits per heavy atom. The number of hydrogen-bond acceptors (Lipinski definition) is 3. The molecule has 0 saturated heterocycles. The molecule has 0 N–H and O–H groups in total. The lowest BCUT2D eigenvalue weighted by Crippen LogP contribution is -2.16. The topological polar surface area (TPSA) is 25.8 Å². The van der Waals surface area contributed by atoms with Crippen LogP contribution >= 0.6 is 11.7 Å². The summed E-state index contributed by atoms with van der Waals surface area (Å²) in [5.74, 6) is 0.586. The molecule has 2 nitrogen and oxygen atoms in total. The zero-order valence-electron chi connectivity index (χ0n) is 8.69. The van der Waals surface area contributed by atoms with Crippen molar-refractivity contribution in [2.75, 3.05) is 0 Å². The maximum absolute atomic E-state index is 4.23. The molecule has 1 aliphatic rings.